The Morgan fingerprint density at radius 3 is 2.55 bits per heavy atom. The molecule has 6 nitrogen and oxygen atoms in total. The maximum absolute atomic E-state index is 11.6. The van der Waals surface area contributed by atoms with Crippen molar-refractivity contribution in [2.45, 2.75) is 13.3 Å². The van der Waals surface area contributed by atoms with Gasteiger partial charge in [-0.3, -0.25) is 4.79 Å². The smallest absolute Gasteiger partial charge is 0.328 e. The molecule has 1 aliphatic rings. The molecule has 3 amide bonds. The Balaban J connectivity index is 2.22. The molecule has 1 aliphatic heterocycles. The Hall–Kier alpha value is -1.60. The van der Waals surface area contributed by atoms with Crippen LogP contribution in [0.15, 0.2) is 18.2 Å². The molecule has 108 valence electrons. The highest BCUT2D eigenvalue weighted by Gasteiger charge is 2.30. The average molecular weight is 317 g/mol. The van der Waals surface area contributed by atoms with Crippen molar-refractivity contribution in [2.75, 3.05) is 17.2 Å². The van der Waals surface area contributed by atoms with Gasteiger partial charge in [0.25, 0.3) is 5.91 Å². The monoisotopic (exact) mass is 316 g/mol. The van der Waals surface area contributed by atoms with Gasteiger partial charge in [0.15, 0.2) is 0 Å². The van der Waals surface area contributed by atoms with E-state index in [4.69, 9.17) is 10.7 Å². The highest BCUT2D eigenvalue weighted by atomic mass is 35.7. The fourth-order valence-corrected chi connectivity index (χ4v) is 2.71. The van der Waals surface area contributed by atoms with Crippen LogP contribution in [0.4, 0.5) is 10.5 Å². The van der Waals surface area contributed by atoms with E-state index in [1.54, 1.807) is 25.1 Å². The Bertz CT molecular complexity index is 656. The van der Waals surface area contributed by atoms with E-state index in [2.05, 4.69) is 5.32 Å². The van der Waals surface area contributed by atoms with Crippen LogP contribution in [0.1, 0.15) is 11.1 Å². The SMILES string of the molecule is Cc1cc(N2C(=O)CNC2=O)ccc1CCS(=O)(=O)Cl. The number of carbonyl (C=O) groups excluding carboxylic acids is 2. The predicted octanol–water partition coefficient (Wildman–Crippen LogP) is 1.16. The van der Waals surface area contributed by atoms with E-state index in [-0.39, 0.29) is 24.6 Å². The number of hydrogen-bond donors (Lipinski definition) is 1. The number of benzene rings is 1. The largest absolute Gasteiger partial charge is 0.329 e. The highest BCUT2D eigenvalue weighted by molar-refractivity contribution is 8.13. The summed E-state index contributed by atoms with van der Waals surface area (Å²) >= 11 is 0. The van der Waals surface area contributed by atoms with Crippen LogP contribution < -0.4 is 10.2 Å². The third-order valence-electron chi connectivity index (χ3n) is 3.04. The van der Waals surface area contributed by atoms with E-state index in [1.165, 1.54) is 0 Å². The van der Waals surface area contributed by atoms with Crippen molar-refractivity contribution in [3.8, 4) is 0 Å². The lowest BCUT2D eigenvalue weighted by atomic mass is 10.1. The second kappa shape index (κ2) is 5.41. The van der Waals surface area contributed by atoms with Crippen molar-refractivity contribution in [2.24, 2.45) is 0 Å². The van der Waals surface area contributed by atoms with Gasteiger partial charge in [0.2, 0.25) is 9.05 Å². The molecule has 0 spiro atoms. The molecule has 8 heteroatoms. The van der Waals surface area contributed by atoms with Crippen LogP contribution in [0, 0.1) is 6.92 Å². The fraction of sp³-hybridized carbons (Fsp3) is 0.333. The van der Waals surface area contributed by atoms with Gasteiger partial charge in [-0.25, -0.2) is 18.1 Å². The van der Waals surface area contributed by atoms with Gasteiger partial charge in [-0.15, -0.1) is 0 Å². The minimum absolute atomic E-state index is 0.00980. The number of rotatable bonds is 4. The summed E-state index contributed by atoms with van der Waals surface area (Å²) in [5.74, 6) is -0.469. The maximum atomic E-state index is 11.6. The molecule has 1 aromatic carbocycles. The second-order valence-electron chi connectivity index (χ2n) is 4.49. The molecule has 20 heavy (non-hydrogen) atoms. The number of urea groups is 1. The Labute approximate surface area is 121 Å². The normalized spacial score (nSPS) is 15.6. The van der Waals surface area contributed by atoms with Gasteiger partial charge in [-0.2, -0.15) is 0 Å². The number of halogens is 1. The van der Waals surface area contributed by atoms with Crippen molar-refractivity contribution in [3.05, 3.63) is 29.3 Å². The average Bonchev–Trinajstić information content (AvgIpc) is 2.66. The zero-order valence-corrected chi connectivity index (χ0v) is 12.3. The second-order valence-corrected chi connectivity index (χ2v) is 7.39. The first-order chi connectivity index (χ1) is 9.28. The topological polar surface area (TPSA) is 83.6 Å². The highest BCUT2D eigenvalue weighted by Crippen LogP contribution is 2.22. The van der Waals surface area contributed by atoms with Gasteiger partial charge in [0.05, 0.1) is 18.0 Å². The Kier molecular flexibility index (Phi) is 4.01. The fourth-order valence-electron chi connectivity index (χ4n) is 2.02. The summed E-state index contributed by atoms with van der Waals surface area (Å²) in [6.45, 7) is 1.78. The van der Waals surface area contributed by atoms with Gasteiger partial charge < -0.3 is 5.32 Å². The maximum Gasteiger partial charge on any atom is 0.329 e. The van der Waals surface area contributed by atoms with E-state index in [1.807, 2.05) is 0 Å². The van der Waals surface area contributed by atoms with Gasteiger partial charge in [-0.05, 0) is 36.6 Å². The molecule has 0 unspecified atom stereocenters. The zero-order valence-electron chi connectivity index (χ0n) is 10.7. The number of carbonyl (C=O) groups is 2. The lowest BCUT2D eigenvalue weighted by molar-refractivity contribution is -0.115. The first-order valence-electron chi connectivity index (χ1n) is 5.90. The van der Waals surface area contributed by atoms with Crippen molar-refractivity contribution >= 4 is 37.4 Å². The number of imide groups is 1. The predicted molar refractivity (Wildman–Crippen MR) is 75.4 cm³/mol. The quantitative estimate of drug-likeness (QED) is 0.667. The molecule has 0 aliphatic carbocycles. The molecule has 0 bridgehead atoms. The first-order valence-corrected chi connectivity index (χ1v) is 8.38. The van der Waals surface area contributed by atoms with Crippen LogP contribution in [0.25, 0.3) is 0 Å². The van der Waals surface area contributed by atoms with Crippen molar-refractivity contribution in [1.29, 1.82) is 0 Å². The Morgan fingerprint density at radius 1 is 1.35 bits per heavy atom. The number of nitrogens with zero attached hydrogens (tertiary/aromatic N) is 1. The summed E-state index contributed by atoms with van der Waals surface area (Å²) in [4.78, 5) is 24.2. The van der Waals surface area contributed by atoms with Gasteiger partial charge >= 0.3 is 6.03 Å². The van der Waals surface area contributed by atoms with E-state index in [0.717, 1.165) is 16.0 Å². The molecule has 1 N–H and O–H groups in total. The number of anilines is 1. The molecule has 0 radical (unpaired) electrons. The van der Waals surface area contributed by atoms with Crippen LogP contribution in [-0.2, 0) is 20.3 Å². The third kappa shape index (κ3) is 3.29. The molecule has 0 aromatic heterocycles. The van der Waals surface area contributed by atoms with Crippen LogP contribution in [0.2, 0.25) is 0 Å². The van der Waals surface area contributed by atoms with Gasteiger partial charge in [0, 0.05) is 10.7 Å². The number of aryl methyl sites for hydroxylation is 2. The summed E-state index contributed by atoms with van der Waals surface area (Å²) in [7, 11) is 1.64. The van der Waals surface area contributed by atoms with Crippen LogP contribution >= 0.6 is 10.7 Å². The molecule has 1 saturated heterocycles. The number of hydrogen-bond acceptors (Lipinski definition) is 4. The molecule has 0 saturated carbocycles. The van der Waals surface area contributed by atoms with Crippen molar-refractivity contribution in [3.63, 3.8) is 0 Å². The molecule has 2 rings (SSSR count). The third-order valence-corrected chi connectivity index (χ3v) is 4.20. The Morgan fingerprint density at radius 2 is 2.05 bits per heavy atom. The van der Waals surface area contributed by atoms with Crippen LogP contribution in [0.3, 0.4) is 0 Å². The van der Waals surface area contributed by atoms with E-state index in [9.17, 15) is 18.0 Å². The summed E-state index contributed by atoms with van der Waals surface area (Å²) < 4.78 is 21.9. The van der Waals surface area contributed by atoms with E-state index >= 15 is 0 Å². The minimum Gasteiger partial charge on any atom is -0.328 e. The summed E-state index contributed by atoms with van der Waals surface area (Å²) in [6.07, 6.45) is 0.290. The number of amides is 3. The molecule has 1 fully saturated rings. The molecule has 0 atom stereocenters. The molecular formula is C12H13ClN2O4S. The van der Waals surface area contributed by atoms with Gasteiger partial charge in [-0.1, -0.05) is 6.07 Å². The number of nitrogens with one attached hydrogen (secondary N) is 1. The van der Waals surface area contributed by atoms with Crippen molar-refractivity contribution < 1.29 is 18.0 Å². The zero-order chi connectivity index (χ0) is 14.9. The molecular weight excluding hydrogens is 304 g/mol. The molecule has 1 aromatic rings. The lowest BCUT2D eigenvalue weighted by Gasteiger charge is -2.14. The first kappa shape index (κ1) is 14.8. The molecule has 1 heterocycles. The standard InChI is InChI=1S/C12H13ClN2O4S/c1-8-6-10(15-11(16)7-14-12(15)17)3-2-9(8)4-5-20(13,18)19/h2-3,6H,4-5,7H2,1H3,(H,14,17). The summed E-state index contributed by atoms with van der Waals surface area (Å²) in [5, 5.41) is 2.44. The van der Waals surface area contributed by atoms with Crippen molar-refractivity contribution in [1.82, 2.24) is 5.32 Å². The summed E-state index contributed by atoms with van der Waals surface area (Å²) in [6, 6.07) is 4.54. The summed E-state index contributed by atoms with van der Waals surface area (Å²) in [5.41, 5.74) is 2.08. The van der Waals surface area contributed by atoms with E-state index in [0.29, 0.717) is 5.69 Å². The van der Waals surface area contributed by atoms with Crippen LogP contribution in [0.5, 0.6) is 0 Å². The van der Waals surface area contributed by atoms with E-state index < -0.39 is 15.1 Å². The van der Waals surface area contributed by atoms with Gasteiger partial charge in [0.1, 0.15) is 0 Å². The minimum atomic E-state index is -3.54. The van der Waals surface area contributed by atoms with Crippen LogP contribution in [-0.4, -0.2) is 32.7 Å². The lowest BCUT2D eigenvalue weighted by Crippen LogP contribution is -2.30.